The zero-order valence-corrected chi connectivity index (χ0v) is 12.7. The highest BCUT2D eigenvalue weighted by atomic mass is 19.1. The van der Waals surface area contributed by atoms with E-state index in [9.17, 15) is 14.0 Å². The molecule has 1 aliphatic heterocycles. The maximum atomic E-state index is 13.3. The fraction of sp³-hybridized carbons (Fsp3) is 0.222. The molecule has 0 unspecified atom stereocenters. The van der Waals surface area contributed by atoms with Gasteiger partial charge in [-0.3, -0.25) is 9.59 Å². The molecule has 0 saturated heterocycles. The molecule has 5 heteroatoms. The smallest absolute Gasteiger partial charge is 0.228 e. The Morgan fingerprint density at radius 2 is 2.09 bits per heavy atom. The first kappa shape index (κ1) is 15.2. The van der Waals surface area contributed by atoms with Gasteiger partial charge in [-0.2, -0.15) is 0 Å². The van der Waals surface area contributed by atoms with Crippen LogP contribution < -0.4 is 10.6 Å². The summed E-state index contributed by atoms with van der Waals surface area (Å²) in [5, 5.41) is 5.61. The second kappa shape index (κ2) is 6.20. The number of anilines is 1. The Kier molecular flexibility index (Phi) is 4.10. The Bertz CT molecular complexity index is 773. The molecule has 0 radical (unpaired) electrons. The molecule has 0 bridgehead atoms. The molecule has 0 spiro atoms. The zero-order chi connectivity index (χ0) is 16.4. The molecular formula is C18H17FN2O2. The van der Waals surface area contributed by atoms with E-state index < -0.39 is 5.92 Å². The molecular weight excluding hydrogens is 295 g/mol. The molecule has 23 heavy (non-hydrogen) atoms. The Balaban J connectivity index is 1.73. The van der Waals surface area contributed by atoms with Gasteiger partial charge in [0.1, 0.15) is 5.82 Å². The molecule has 0 saturated carbocycles. The number of para-hydroxylation sites is 1. The largest absolute Gasteiger partial charge is 0.351 e. The van der Waals surface area contributed by atoms with Gasteiger partial charge in [0.05, 0.1) is 5.92 Å². The van der Waals surface area contributed by atoms with Crippen molar-refractivity contribution in [2.75, 3.05) is 5.32 Å². The number of amides is 2. The lowest BCUT2D eigenvalue weighted by Crippen LogP contribution is -2.34. The van der Waals surface area contributed by atoms with Gasteiger partial charge in [-0.1, -0.05) is 30.3 Å². The van der Waals surface area contributed by atoms with E-state index in [0.717, 1.165) is 11.1 Å². The molecule has 1 aliphatic rings. The van der Waals surface area contributed by atoms with Crippen molar-refractivity contribution in [2.24, 2.45) is 0 Å². The van der Waals surface area contributed by atoms with E-state index in [1.54, 1.807) is 25.1 Å². The Labute approximate surface area is 133 Å². The number of rotatable bonds is 3. The summed E-state index contributed by atoms with van der Waals surface area (Å²) in [7, 11) is 0. The molecule has 3 rings (SSSR count). The maximum Gasteiger partial charge on any atom is 0.228 e. The molecule has 2 aromatic carbocycles. The fourth-order valence-corrected chi connectivity index (χ4v) is 2.77. The average Bonchev–Trinajstić information content (AvgIpc) is 2.54. The van der Waals surface area contributed by atoms with Crippen molar-refractivity contribution in [1.82, 2.24) is 5.32 Å². The van der Waals surface area contributed by atoms with Gasteiger partial charge in [-0.25, -0.2) is 4.39 Å². The third kappa shape index (κ3) is 3.23. The quantitative estimate of drug-likeness (QED) is 0.915. The molecule has 2 aromatic rings. The molecule has 1 atom stereocenters. The average molecular weight is 312 g/mol. The molecule has 0 fully saturated rings. The van der Waals surface area contributed by atoms with Gasteiger partial charge in [0.2, 0.25) is 11.8 Å². The third-order valence-electron chi connectivity index (χ3n) is 4.01. The van der Waals surface area contributed by atoms with Crippen molar-refractivity contribution >= 4 is 17.5 Å². The van der Waals surface area contributed by atoms with Crippen LogP contribution in [0.1, 0.15) is 29.0 Å². The minimum absolute atomic E-state index is 0.130. The normalized spacial score (nSPS) is 16.4. The van der Waals surface area contributed by atoms with Gasteiger partial charge in [0, 0.05) is 18.7 Å². The fourth-order valence-electron chi connectivity index (χ4n) is 2.77. The van der Waals surface area contributed by atoms with Crippen LogP contribution in [0.3, 0.4) is 0 Å². The summed E-state index contributed by atoms with van der Waals surface area (Å²) >= 11 is 0. The molecule has 2 amide bonds. The van der Waals surface area contributed by atoms with E-state index in [1.165, 1.54) is 6.07 Å². The lowest BCUT2D eigenvalue weighted by Gasteiger charge is -2.24. The van der Waals surface area contributed by atoms with Crippen LogP contribution in [0.4, 0.5) is 10.1 Å². The first-order valence-corrected chi connectivity index (χ1v) is 7.46. The summed E-state index contributed by atoms with van der Waals surface area (Å²) in [5.74, 6) is -1.13. The molecule has 1 heterocycles. The van der Waals surface area contributed by atoms with Crippen LogP contribution in [-0.2, 0) is 16.1 Å². The summed E-state index contributed by atoms with van der Waals surface area (Å²) in [6.45, 7) is 1.99. The Morgan fingerprint density at radius 1 is 1.30 bits per heavy atom. The summed E-state index contributed by atoms with van der Waals surface area (Å²) < 4.78 is 13.3. The standard InChI is InChI=1S/C18H17FN2O2/c1-11-8-12(6-7-15(11)19)10-20-18(23)14-9-17(22)21-16-5-3-2-4-13(14)16/h2-8,14H,9-10H2,1H3,(H,20,23)(H,21,22)/t14-/m0/s1. The van der Waals surface area contributed by atoms with E-state index in [4.69, 9.17) is 0 Å². The summed E-state index contributed by atoms with van der Waals surface area (Å²) in [4.78, 5) is 24.2. The lowest BCUT2D eigenvalue weighted by molar-refractivity contribution is -0.126. The number of halogens is 1. The highest BCUT2D eigenvalue weighted by molar-refractivity contribution is 6.01. The van der Waals surface area contributed by atoms with Crippen molar-refractivity contribution in [1.29, 1.82) is 0 Å². The Hall–Kier alpha value is -2.69. The number of hydrogen-bond acceptors (Lipinski definition) is 2. The van der Waals surface area contributed by atoms with Gasteiger partial charge in [0.15, 0.2) is 0 Å². The van der Waals surface area contributed by atoms with Gasteiger partial charge in [-0.05, 0) is 35.7 Å². The van der Waals surface area contributed by atoms with Crippen molar-refractivity contribution in [3.05, 3.63) is 65.0 Å². The number of benzene rings is 2. The van der Waals surface area contributed by atoms with Gasteiger partial charge >= 0.3 is 0 Å². The predicted octanol–water partition coefficient (Wildman–Crippen LogP) is 2.88. The van der Waals surface area contributed by atoms with Crippen LogP contribution in [0, 0.1) is 12.7 Å². The predicted molar refractivity (Wildman–Crippen MR) is 85.4 cm³/mol. The number of aryl methyl sites for hydroxylation is 1. The second-order valence-electron chi connectivity index (χ2n) is 5.69. The number of hydrogen-bond donors (Lipinski definition) is 2. The van der Waals surface area contributed by atoms with Crippen LogP contribution in [0.25, 0.3) is 0 Å². The third-order valence-corrected chi connectivity index (χ3v) is 4.01. The SMILES string of the molecule is Cc1cc(CNC(=O)[C@H]2CC(=O)Nc3ccccc32)ccc1F. The molecule has 4 nitrogen and oxygen atoms in total. The highest BCUT2D eigenvalue weighted by Crippen LogP contribution is 2.32. The van der Waals surface area contributed by atoms with Crippen molar-refractivity contribution < 1.29 is 14.0 Å². The number of carbonyl (C=O) groups excluding carboxylic acids is 2. The van der Waals surface area contributed by atoms with Crippen LogP contribution in [0.5, 0.6) is 0 Å². The molecule has 0 aliphatic carbocycles. The van der Waals surface area contributed by atoms with Crippen LogP contribution in [-0.4, -0.2) is 11.8 Å². The Morgan fingerprint density at radius 3 is 2.87 bits per heavy atom. The lowest BCUT2D eigenvalue weighted by atomic mass is 9.90. The topological polar surface area (TPSA) is 58.2 Å². The van der Waals surface area contributed by atoms with E-state index in [-0.39, 0.29) is 24.1 Å². The van der Waals surface area contributed by atoms with Crippen LogP contribution >= 0.6 is 0 Å². The first-order valence-electron chi connectivity index (χ1n) is 7.46. The first-order chi connectivity index (χ1) is 11.0. The summed E-state index contributed by atoms with van der Waals surface area (Å²) in [6, 6.07) is 12.0. The molecule has 0 aromatic heterocycles. The van der Waals surface area contributed by atoms with Crippen molar-refractivity contribution in [3.63, 3.8) is 0 Å². The van der Waals surface area contributed by atoms with E-state index in [0.29, 0.717) is 17.8 Å². The monoisotopic (exact) mass is 312 g/mol. The van der Waals surface area contributed by atoms with Crippen molar-refractivity contribution in [2.45, 2.75) is 25.8 Å². The van der Waals surface area contributed by atoms with E-state index in [2.05, 4.69) is 10.6 Å². The number of nitrogens with one attached hydrogen (secondary N) is 2. The van der Waals surface area contributed by atoms with Crippen molar-refractivity contribution in [3.8, 4) is 0 Å². The molecule has 118 valence electrons. The minimum Gasteiger partial charge on any atom is -0.351 e. The van der Waals surface area contributed by atoms with E-state index >= 15 is 0 Å². The molecule has 2 N–H and O–H groups in total. The summed E-state index contributed by atoms with van der Waals surface area (Å²) in [5.41, 5.74) is 2.87. The minimum atomic E-state index is -0.499. The van der Waals surface area contributed by atoms with Gasteiger partial charge in [-0.15, -0.1) is 0 Å². The number of fused-ring (bicyclic) bond motifs is 1. The van der Waals surface area contributed by atoms with Gasteiger partial charge in [0.25, 0.3) is 0 Å². The van der Waals surface area contributed by atoms with Crippen LogP contribution in [0.15, 0.2) is 42.5 Å². The van der Waals surface area contributed by atoms with Gasteiger partial charge < -0.3 is 10.6 Å². The second-order valence-corrected chi connectivity index (χ2v) is 5.69. The highest BCUT2D eigenvalue weighted by Gasteiger charge is 2.30. The van der Waals surface area contributed by atoms with Crippen LogP contribution in [0.2, 0.25) is 0 Å². The van der Waals surface area contributed by atoms with E-state index in [1.807, 2.05) is 18.2 Å². The summed E-state index contributed by atoms with van der Waals surface area (Å²) in [6.07, 6.45) is 0.130. The number of carbonyl (C=O) groups is 2. The zero-order valence-electron chi connectivity index (χ0n) is 12.7. The maximum absolute atomic E-state index is 13.3.